The van der Waals surface area contributed by atoms with Gasteiger partial charge < -0.3 is 15.4 Å². The van der Waals surface area contributed by atoms with Gasteiger partial charge >= 0.3 is 0 Å². The van der Waals surface area contributed by atoms with E-state index in [4.69, 9.17) is 16.3 Å². The number of hydrogen-bond acceptors (Lipinski definition) is 3. The lowest BCUT2D eigenvalue weighted by Crippen LogP contribution is -2.35. The van der Waals surface area contributed by atoms with Gasteiger partial charge in [0.1, 0.15) is 11.6 Å². The molecular formula is C19H17BrClFN2O3. The third-order valence-electron chi connectivity index (χ3n) is 4.16. The van der Waals surface area contributed by atoms with Gasteiger partial charge in [0.25, 0.3) is 5.91 Å². The van der Waals surface area contributed by atoms with E-state index in [1.54, 1.807) is 0 Å². The zero-order chi connectivity index (χ0) is 19.4. The fourth-order valence-corrected chi connectivity index (χ4v) is 3.47. The molecule has 8 heteroatoms. The van der Waals surface area contributed by atoms with Crippen molar-refractivity contribution in [3.63, 3.8) is 0 Å². The summed E-state index contributed by atoms with van der Waals surface area (Å²) in [6, 6.07) is 9.09. The zero-order valence-electron chi connectivity index (χ0n) is 14.2. The van der Waals surface area contributed by atoms with E-state index in [-0.39, 0.29) is 35.5 Å². The van der Waals surface area contributed by atoms with E-state index in [9.17, 15) is 14.0 Å². The Morgan fingerprint density at radius 3 is 2.85 bits per heavy atom. The van der Waals surface area contributed by atoms with Gasteiger partial charge in [-0.1, -0.05) is 27.5 Å². The Labute approximate surface area is 169 Å². The van der Waals surface area contributed by atoms with E-state index in [0.29, 0.717) is 13.0 Å². The average molecular weight is 456 g/mol. The number of benzene rings is 2. The van der Waals surface area contributed by atoms with Crippen molar-refractivity contribution >= 4 is 39.3 Å². The van der Waals surface area contributed by atoms with Gasteiger partial charge in [0, 0.05) is 29.4 Å². The number of nitrogens with one attached hydrogen (secondary N) is 2. The van der Waals surface area contributed by atoms with Crippen LogP contribution in [0, 0.1) is 5.82 Å². The summed E-state index contributed by atoms with van der Waals surface area (Å²) in [5.74, 6) is -0.389. The van der Waals surface area contributed by atoms with E-state index in [1.165, 1.54) is 6.07 Å². The van der Waals surface area contributed by atoms with Crippen molar-refractivity contribution < 1.29 is 18.7 Å². The van der Waals surface area contributed by atoms with Crippen LogP contribution >= 0.6 is 27.5 Å². The molecule has 0 saturated carbocycles. The van der Waals surface area contributed by atoms with E-state index >= 15 is 0 Å². The molecule has 0 bridgehead atoms. The van der Waals surface area contributed by atoms with E-state index in [1.807, 2.05) is 18.2 Å². The largest absolute Gasteiger partial charge is 0.493 e. The Bertz CT molecular complexity index is 878. The van der Waals surface area contributed by atoms with Crippen molar-refractivity contribution in [1.29, 1.82) is 0 Å². The summed E-state index contributed by atoms with van der Waals surface area (Å²) in [7, 11) is 0. The van der Waals surface area contributed by atoms with Crippen LogP contribution in [-0.2, 0) is 4.79 Å². The van der Waals surface area contributed by atoms with Gasteiger partial charge in [-0.25, -0.2) is 4.39 Å². The number of rotatable bonds is 5. The SMILES string of the molecule is O=C(CCNC(=O)c1ccc(F)cc1Cl)NC1CCOc2ccc(Br)cc21. The van der Waals surface area contributed by atoms with Crippen LogP contribution < -0.4 is 15.4 Å². The second kappa shape index (κ2) is 8.71. The van der Waals surface area contributed by atoms with Crippen LogP contribution in [0.2, 0.25) is 5.02 Å². The van der Waals surface area contributed by atoms with E-state index in [2.05, 4.69) is 26.6 Å². The molecule has 0 radical (unpaired) electrons. The van der Waals surface area contributed by atoms with E-state index in [0.717, 1.165) is 27.9 Å². The maximum absolute atomic E-state index is 13.0. The smallest absolute Gasteiger partial charge is 0.252 e. The third kappa shape index (κ3) is 4.99. The Morgan fingerprint density at radius 2 is 2.07 bits per heavy atom. The molecule has 2 N–H and O–H groups in total. The first-order valence-corrected chi connectivity index (χ1v) is 9.56. The summed E-state index contributed by atoms with van der Waals surface area (Å²) in [6.45, 7) is 0.673. The molecule has 3 rings (SSSR count). The predicted octanol–water partition coefficient (Wildman–Crippen LogP) is 4.00. The summed E-state index contributed by atoms with van der Waals surface area (Å²) in [4.78, 5) is 24.3. The summed E-state index contributed by atoms with van der Waals surface area (Å²) < 4.78 is 19.6. The second-order valence-electron chi connectivity index (χ2n) is 6.07. The average Bonchev–Trinajstić information content (AvgIpc) is 2.62. The van der Waals surface area contributed by atoms with Crippen molar-refractivity contribution in [2.24, 2.45) is 0 Å². The minimum atomic E-state index is -0.515. The Hall–Kier alpha value is -2.12. The van der Waals surface area contributed by atoms with Gasteiger partial charge in [-0.3, -0.25) is 9.59 Å². The van der Waals surface area contributed by atoms with Crippen molar-refractivity contribution in [2.75, 3.05) is 13.2 Å². The van der Waals surface area contributed by atoms with Gasteiger partial charge in [0.2, 0.25) is 5.91 Å². The highest BCUT2D eigenvalue weighted by molar-refractivity contribution is 9.10. The van der Waals surface area contributed by atoms with Crippen LogP contribution in [0.4, 0.5) is 4.39 Å². The van der Waals surface area contributed by atoms with Gasteiger partial charge in [-0.2, -0.15) is 0 Å². The van der Waals surface area contributed by atoms with Crippen molar-refractivity contribution in [3.05, 3.63) is 62.8 Å². The lowest BCUT2D eigenvalue weighted by atomic mass is 10.0. The maximum Gasteiger partial charge on any atom is 0.252 e. The molecule has 1 aliphatic rings. The van der Waals surface area contributed by atoms with Crippen molar-refractivity contribution in [3.8, 4) is 5.75 Å². The molecule has 0 aromatic heterocycles. The Kier molecular flexibility index (Phi) is 6.34. The van der Waals surface area contributed by atoms with Crippen LogP contribution in [-0.4, -0.2) is 25.0 Å². The minimum absolute atomic E-state index is 0.0290. The van der Waals surface area contributed by atoms with Gasteiger partial charge in [0.05, 0.1) is 23.2 Å². The van der Waals surface area contributed by atoms with Crippen LogP contribution in [0.15, 0.2) is 40.9 Å². The third-order valence-corrected chi connectivity index (χ3v) is 4.97. The quantitative estimate of drug-likeness (QED) is 0.716. The minimum Gasteiger partial charge on any atom is -0.493 e. The maximum atomic E-state index is 13.0. The molecule has 0 spiro atoms. The highest BCUT2D eigenvalue weighted by atomic mass is 79.9. The number of halogens is 3. The van der Waals surface area contributed by atoms with Crippen LogP contribution in [0.25, 0.3) is 0 Å². The topological polar surface area (TPSA) is 67.4 Å². The van der Waals surface area contributed by atoms with Crippen molar-refractivity contribution in [1.82, 2.24) is 10.6 Å². The zero-order valence-corrected chi connectivity index (χ0v) is 16.6. The number of amides is 2. The fourth-order valence-electron chi connectivity index (χ4n) is 2.84. The Balaban J connectivity index is 1.52. The van der Waals surface area contributed by atoms with Gasteiger partial charge in [0.15, 0.2) is 0 Å². The number of carbonyl (C=O) groups is 2. The summed E-state index contributed by atoms with van der Waals surface area (Å²) in [5.41, 5.74) is 1.09. The fraction of sp³-hybridized carbons (Fsp3) is 0.263. The standard InChI is InChI=1S/C19H17BrClFN2O3/c20-11-1-4-17-14(9-11)16(6-8-27-17)24-18(25)5-7-23-19(26)13-3-2-12(22)10-15(13)21/h1-4,9-10,16H,5-8H2,(H,23,26)(H,24,25). The first kappa shape index (κ1) is 19.6. The highest BCUT2D eigenvalue weighted by Gasteiger charge is 2.23. The number of fused-ring (bicyclic) bond motifs is 1. The normalized spacial score (nSPS) is 15.4. The Morgan fingerprint density at radius 1 is 1.26 bits per heavy atom. The molecule has 1 atom stereocenters. The first-order valence-electron chi connectivity index (χ1n) is 8.39. The van der Waals surface area contributed by atoms with Gasteiger partial charge in [-0.15, -0.1) is 0 Å². The molecule has 0 aliphatic carbocycles. The van der Waals surface area contributed by atoms with Crippen molar-refractivity contribution in [2.45, 2.75) is 18.9 Å². The molecule has 1 aliphatic heterocycles. The molecule has 1 heterocycles. The molecular weight excluding hydrogens is 439 g/mol. The molecule has 0 saturated heterocycles. The first-order chi connectivity index (χ1) is 12.9. The number of carbonyl (C=O) groups excluding carboxylic acids is 2. The summed E-state index contributed by atoms with van der Waals surface area (Å²) in [5, 5.41) is 5.61. The monoisotopic (exact) mass is 454 g/mol. The summed E-state index contributed by atoms with van der Waals surface area (Å²) in [6.07, 6.45) is 0.790. The van der Waals surface area contributed by atoms with Crippen LogP contribution in [0.3, 0.4) is 0 Å². The molecule has 2 amide bonds. The van der Waals surface area contributed by atoms with Crippen LogP contribution in [0.5, 0.6) is 5.75 Å². The predicted molar refractivity (Wildman–Crippen MR) is 103 cm³/mol. The lowest BCUT2D eigenvalue weighted by molar-refractivity contribution is -0.121. The highest BCUT2D eigenvalue weighted by Crippen LogP contribution is 2.34. The molecule has 1 unspecified atom stereocenters. The second-order valence-corrected chi connectivity index (χ2v) is 7.39. The van der Waals surface area contributed by atoms with E-state index < -0.39 is 11.7 Å². The number of hydrogen-bond donors (Lipinski definition) is 2. The summed E-state index contributed by atoms with van der Waals surface area (Å²) >= 11 is 9.28. The molecule has 2 aromatic rings. The van der Waals surface area contributed by atoms with Crippen LogP contribution in [0.1, 0.15) is 34.8 Å². The molecule has 27 heavy (non-hydrogen) atoms. The number of ether oxygens (including phenoxy) is 1. The van der Waals surface area contributed by atoms with Gasteiger partial charge in [-0.05, 0) is 36.4 Å². The molecule has 2 aromatic carbocycles. The molecule has 142 valence electrons. The lowest BCUT2D eigenvalue weighted by Gasteiger charge is -2.27. The molecule has 0 fully saturated rings. The molecule has 5 nitrogen and oxygen atoms in total.